The first kappa shape index (κ1) is 14.2. The number of ether oxygens (including phenoxy) is 2. The number of nitrogen functional groups attached to an aromatic ring is 1. The lowest BCUT2D eigenvalue weighted by molar-refractivity contribution is 0.303. The zero-order valence-corrected chi connectivity index (χ0v) is 13.5. The topological polar surface area (TPSA) is 44.5 Å². The van der Waals surface area contributed by atoms with Gasteiger partial charge < -0.3 is 15.2 Å². The Bertz CT molecular complexity index is 567. The van der Waals surface area contributed by atoms with Crippen LogP contribution in [0, 0.1) is 0 Å². The van der Waals surface area contributed by atoms with Crippen LogP contribution in [0.25, 0.3) is 0 Å². The smallest absolute Gasteiger partial charge is 0.134 e. The molecule has 0 aliphatic rings. The Morgan fingerprint density at radius 2 is 1.89 bits per heavy atom. The van der Waals surface area contributed by atoms with Crippen molar-refractivity contribution >= 4 is 37.5 Å². The summed E-state index contributed by atoms with van der Waals surface area (Å²) < 4.78 is 12.7. The van der Waals surface area contributed by atoms with E-state index in [1.54, 1.807) is 7.11 Å². The second-order valence-electron chi connectivity index (χ2n) is 3.98. The molecule has 0 aliphatic heterocycles. The van der Waals surface area contributed by atoms with E-state index in [0.29, 0.717) is 12.3 Å². The molecular formula is C14H13Br2NO2. The van der Waals surface area contributed by atoms with Crippen LogP contribution in [0.2, 0.25) is 0 Å². The van der Waals surface area contributed by atoms with Crippen molar-refractivity contribution < 1.29 is 9.47 Å². The van der Waals surface area contributed by atoms with Crippen LogP contribution in [0.5, 0.6) is 11.5 Å². The van der Waals surface area contributed by atoms with Crippen LogP contribution < -0.4 is 15.2 Å². The normalized spacial score (nSPS) is 10.3. The van der Waals surface area contributed by atoms with Crippen LogP contribution in [0.4, 0.5) is 5.69 Å². The van der Waals surface area contributed by atoms with Gasteiger partial charge in [0.15, 0.2) is 0 Å². The predicted molar refractivity (Wildman–Crippen MR) is 83.6 cm³/mol. The fourth-order valence-electron chi connectivity index (χ4n) is 1.65. The summed E-state index contributed by atoms with van der Waals surface area (Å²) in [5.41, 5.74) is 7.50. The van der Waals surface area contributed by atoms with E-state index < -0.39 is 0 Å². The van der Waals surface area contributed by atoms with Gasteiger partial charge >= 0.3 is 0 Å². The molecule has 0 saturated heterocycles. The standard InChI is InChI=1S/C14H13Br2NO2/c1-18-12-2-3-14(13(16)7-12)19-8-9-4-10(15)6-11(17)5-9/h2-7H,8,17H2,1H3. The summed E-state index contributed by atoms with van der Waals surface area (Å²) in [6, 6.07) is 11.3. The maximum atomic E-state index is 5.78. The van der Waals surface area contributed by atoms with Crippen molar-refractivity contribution in [3.63, 3.8) is 0 Å². The lowest BCUT2D eigenvalue weighted by atomic mass is 10.2. The lowest BCUT2D eigenvalue weighted by Gasteiger charge is -2.10. The summed E-state index contributed by atoms with van der Waals surface area (Å²) in [6.45, 7) is 0.453. The van der Waals surface area contributed by atoms with Crippen molar-refractivity contribution in [2.45, 2.75) is 6.61 Å². The van der Waals surface area contributed by atoms with E-state index in [9.17, 15) is 0 Å². The first-order valence-corrected chi connectivity index (χ1v) is 7.18. The molecule has 0 heterocycles. The minimum Gasteiger partial charge on any atom is -0.497 e. The Kier molecular flexibility index (Phi) is 4.71. The minimum atomic E-state index is 0.453. The fraction of sp³-hybridized carbons (Fsp3) is 0.143. The number of hydrogen-bond donors (Lipinski definition) is 1. The number of methoxy groups -OCH3 is 1. The molecule has 0 bridgehead atoms. The molecule has 0 aromatic heterocycles. The first-order chi connectivity index (χ1) is 9.08. The molecule has 3 nitrogen and oxygen atoms in total. The molecule has 100 valence electrons. The highest BCUT2D eigenvalue weighted by Gasteiger charge is 2.04. The Balaban J connectivity index is 2.10. The Morgan fingerprint density at radius 3 is 2.53 bits per heavy atom. The average molecular weight is 387 g/mol. The van der Waals surface area contributed by atoms with Crippen molar-refractivity contribution in [2.75, 3.05) is 12.8 Å². The van der Waals surface area contributed by atoms with Gasteiger partial charge in [0.2, 0.25) is 0 Å². The van der Waals surface area contributed by atoms with Crippen LogP contribution >= 0.6 is 31.9 Å². The van der Waals surface area contributed by atoms with Gasteiger partial charge in [-0.25, -0.2) is 0 Å². The molecule has 2 aromatic rings. The van der Waals surface area contributed by atoms with E-state index >= 15 is 0 Å². The fourth-order valence-corrected chi connectivity index (χ4v) is 2.68. The monoisotopic (exact) mass is 385 g/mol. The number of nitrogens with two attached hydrogens (primary N) is 1. The lowest BCUT2D eigenvalue weighted by Crippen LogP contribution is -1.98. The van der Waals surface area contributed by atoms with Gasteiger partial charge in [-0.2, -0.15) is 0 Å². The van der Waals surface area contributed by atoms with E-state index in [1.165, 1.54) is 0 Å². The number of halogens is 2. The Morgan fingerprint density at radius 1 is 1.11 bits per heavy atom. The molecule has 0 aliphatic carbocycles. The van der Waals surface area contributed by atoms with Crippen molar-refractivity contribution in [3.8, 4) is 11.5 Å². The summed E-state index contributed by atoms with van der Waals surface area (Å²) in [5.74, 6) is 1.55. The van der Waals surface area contributed by atoms with Crippen LogP contribution in [0.15, 0.2) is 45.3 Å². The highest BCUT2D eigenvalue weighted by molar-refractivity contribution is 9.10. The van der Waals surface area contributed by atoms with Crippen molar-refractivity contribution in [2.24, 2.45) is 0 Å². The second-order valence-corrected chi connectivity index (χ2v) is 5.75. The molecule has 0 fully saturated rings. The number of rotatable bonds is 4. The third-order valence-corrected chi connectivity index (χ3v) is 3.59. The van der Waals surface area contributed by atoms with Crippen molar-refractivity contribution in [1.82, 2.24) is 0 Å². The molecular weight excluding hydrogens is 374 g/mol. The van der Waals surface area contributed by atoms with Gasteiger partial charge in [0, 0.05) is 10.2 Å². The molecule has 0 spiro atoms. The molecule has 0 unspecified atom stereocenters. The molecule has 2 N–H and O–H groups in total. The molecule has 5 heteroatoms. The molecule has 0 radical (unpaired) electrons. The quantitative estimate of drug-likeness (QED) is 0.793. The summed E-state index contributed by atoms with van der Waals surface area (Å²) in [7, 11) is 1.63. The minimum absolute atomic E-state index is 0.453. The van der Waals surface area contributed by atoms with Crippen LogP contribution in [0.1, 0.15) is 5.56 Å². The molecule has 2 aromatic carbocycles. The Hall–Kier alpha value is -1.20. The van der Waals surface area contributed by atoms with Crippen LogP contribution in [0.3, 0.4) is 0 Å². The summed E-state index contributed by atoms with van der Waals surface area (Å²) in [6.07, 6.45) is 0. The molecule has 19 heavy (non-hydrogen) atoms. The number of benzene rings is 2. The Labute approximate surface area is 129 Å². The van der Waals surface area contributed by atoms with Crippen molar-refractivity contribution in [3.05, 3.63) is 50.9 Å². The van der Waals surface area contributed by atoms with Gasteiger partial charge in [0.25, 0.3) is 0 Å². The van der Waals surface area contributed by atoms with Gasteiger partial charge in [-0.05, 0) is 57.9 Å². The predicted octanol–water partition coefficient (Wildman–Crippen LogP) is 4.38. The second kappa shape index (κ2) is 6.30. The van der Waals surface area contributed by atoms with E-state index in [0.717, 1.165) is 26.0 Å². The molecule has 0 atom stereocenters. The highest BCUT2D eigenvalue weighted by atomic mass is 79.9. The number of anilines is 1. The molecule has 2 rings (SSSR count). The van der Waals surface area contributed by atoms with Crippen LogP contribution in [-0.2, 0) is 6.61 Å². The zero-order chi connectivity index (χ0) is 13.8. The third-order valence-electron chi connectivity index (χ3n) is 2.51. The van der Waals surface area contributed by atoms with Crippen LogP contribution in [-0.4, -0.2) is 7.11 Å². The first-order valence-electron chi connectivity index (χ1n) is 5.60. The van der Waals surface area contributed by atoms with Crippen molar-refractivity contribution in [1.29, 1.82) is 0 Å². The summed E-state index contributed by atoms with van der Waals surface area (Å²) in [4.78, 5) is 0. The van der Waals surface area contributed by atoms with E-state index in [2.05, 4.69) is 31.9 Å². The largest absolute Gasteiger partial charge is 0.497 e. The van der Waals surface area contributed by atoms with Gasteiger partial charge in [0.05, 0.1) is 11.6 Å². The molecule has 0 saturated carbocycles. The van der Waals surface area contributed by atoms with E-state index in [-0.39, 0.29) is 0 Å². The van der Waals surface area contributed by atoms with Gasteiger partial charge in [-0.15, -0.1) is 0 Å². The third kappa shape index (κ3) is 3.88. The van der Waals surface area contributed by atoms with E-state index in [1.807, 2.05) is 36.4 Å². The SMILES string of the molecule is COc1ccc(OCc2cc(N)cc(Br)c2)c(Br)c1. The molecule has 0 amide bonds. The van der Waals surface area contributed by atoms with Gasteiger partial charge in [0.1, 0.15) is 18.1 Å². The maximum absolute atomic E-state index is 5.78. The summed E-state index contributed by atoms with van der Waals surface area (Å²) >= 11 is 6.86. The zero-order valence-electron chi connectivity index (χ0n) is 10.3. The average Bonchev–Trinajstić information content (AvgIpc) is 2.36. The number of hydrogen-bond acceptors (Lipinski definition) is 3. The van der Waals surface area contributed by atoms with Gasteiger partial charge in [-0.3, -0.25) is 0 Å². The maximum Gasteiger partial charge on any atom is 0.134 e. The van der Waals surface area contributed by atoms with Gasteiger partial charge in [-0.1, -0.05) is 15.9 Å². The summed E-state index contributed by atoms with van der Waals surface area (Å²) in [5, 5.41) is 0. The van der Waals surface area contributed by atoms with E-state index in [4.69, 9.17) is 15.2 Å². The highest BCUT2D eigenvalue weighted by Crippen LogP contribution is 2.30.